The summed E-state index contributed by atoms with van der Waals surface area (Å²) in [6.07, 6.45) is 3.64. The van der Waals surface area contributed by atoms with Gasteiger partial charge in [-0.05, 0) is 18.6 Å². The second-order valence-electron chi connectivity index (χ2n) is 2.57. The van der Waals surface area contributed by atoms with Crippen molar-refractivity contribution in [1.29, 1.82) is 0 Å². The highest BCUT2D eigenvalue weighted by molar-refractivity contribution is 5.67. The molecule has 0 saturated carbocycles. The maximum absolute atomic E-state index is 10.4. The van der Waals surface area contributed by atoms with Crippen LogP contribution in [0, 0.1) is 10.1 Å². The van der Waals surface area contributed by atoms with Gasteiger partial charge in [-0.3, -0.25) is 10.1 Å². The number of nitrogen functional groups attached to an aromatic ring is 1. The lowest BCUT2D eigenvalue weighted by molar-refractivity contribution is -0.384. The molecule has 4 nitrogen and oxygen atoms in total. The number of nitrogens with zero attached hydrogens (tertiary/aromatic N) is 1. The molecule has 0 aliphatic carbocycles. The van der Waals surface area contributed by atoms with Crippen LogP contribution in [0.1, 0.15) is 12.5 Å². The Balaban J connectivity index is 3.12. The Morgan fingerprint density at radius 2 is 2.23 bits per heavy atom. The number of hydrogen-bond acceptors (Lipinski definition) is 3. The molecule has 0 unspecified atom stereocenters. The van der Waals surface area contributed by atoms with Crippen molar-refractivity contribution in [3.05, 3.63) is 40.0 Å². The molecule has 1 aromatic rings. The highest BCUT2D eigenvalue weighted by Crippen LogP contribution is 2.20. The molecule has 0 saturated heterocycles. The minimum absolute atomic E-state index is 0.0192. The molecule has 0 heterocycles. The summed E-state index contributed by atoms with van der Waals surface area (Å²) in [5.74, 6) is 0. The Labute approximate surface area is 75.8 Å². The smallest absolute Gasteiger partial charge is 0.271 e. The first-order valence-corrected chi connectivity index (χ1v) is 3.81. The van der Waals surface area contributed by atoms with E-state index in [0.29, 0.717) is 5.69 Å². The Morgan fingerprint density at radius 3 is 2.69 bits per heavy atom. The van der Waals surface area contributed by atoms with Gasteiger partial charge in [-0.15, -0.1) is 0 Å². The topological polar surface area (TPSA) is 69.2 Å². The summed E-state index contributed by atoms with van der Waals surface area (Å²) in [6, 6.07) is 4.43. The number of hydrogen-bond donors (Lipinski definition) is 1. The maximum Gasteiger partial charge on any atom is 0.271 e. The second kappa shape index (κ2) is 3.71. The van der Waals surface area contributed by atoms with Crippen LogP contribution in [-0.4, -0.2) is 4.92 Å². The van der Waals surface area contributed by atoms with E-state index >= 15 is 0 Å². The number of nitro groups is 1. The molecule has 13 heavy (non-hydrogen) atoms. The van der Waals surface area contributed by atoms with E-state index < -0.39 is 4.92 Å². The first-order chi connectivity index (χ1) is 6.15. The summed E-state index contributed by atoms with van der Waals surface area (Å²) in [6.45, 7) is 1.86. The third kappa shape index (κ3) is 2.05. The van der Waals surface area contributed by atoms with Gasteiger partial charge in [0, 0.05) is 17.8 Å². The van der Waals surface area contributed by atoms with Crippen molar-refractivity contribution in [3.8, 4) is 0 Å². The number of benzene rings is 1. The van der Waals surface area contributed by atoms with Gasteiger partial charge in [-0.2, -0.15) is 0 Å². The SMILES string of the molecule is C/C=C/c1ccc([N+](=O)[O-])cc1N. The van der Waals surface area contributed by atoms with Gasteiger partial charge in [0.1, 0.15) is 0 Å². The molecule has 0 bridgehead atoms. The van der Waals surface area contributed by atoms with Crippen LogP contribution in [0.15, 0.2) is 24.3 Å². The lowest BCUT2D eigenvalue weighted by Crippen LogP contribution is -1.93. The van der Waals surface area contributed by atoms with Gasteiger partial charge in [-0.1, -0.05) is 12.2 Å². The van der Waals surface area contributed by atoms with Crippen molar-refractivity contribution in [2.75, 3.05) is 5.73 Å². The fraction of sp³-hybridized carbons (Fsp3) is 0.111. The van der Waals surface area contributed by atoms with Gasteiger partial charge in [-0.25, -0.2) is 0 Å². The molecule has 0 radical (unpaired) electrons. The van der Waals surface area contributed by atoms with Crippen LogP contribution in [0.2, 0.25) is 0 Å². The fourth-order valence-corrected chi connectivity index (χ4v) is 1.01. The molecule has 0 spiro atoms. The zero-order valence-electron chi connectivity index (χ0n) is 7.23. The zero-order valence-corrected chi connectivity index (χ0v) is 7.23. The number of nitro benzene ring substituents is 1. The molecule has 68 valence electrons. The van der Waals surface area contributed by atoms with Crippen LogP contribution in [-0.2, 0) is 0 Å². The average Bonchev–Trinajstić information content (AvgIpc) is 2.08. The van der Waals surface area contributed by atoms with Gasteiger partial charge in [0.2, 0.25) is 0 Å². The van der Waals surface area contributed by atoms with E-state index in [1.54, 1.807) is 12.1 Å². The molecule has 4 heteroatoms. The number of rotatable bonds is 2. The number of nitrogens with two attached hydrogens (primary N) is 1. The monoisotopic (exact) mass is 178 g/mol. The third-order valence-corrected chi connectivity index (χ3v) is 1.63. The quantitative estimate of drug-likeness (QED) is 0.428. The second-order valence-corrected chi connectivity index (χ2v) is 2.57. The lowest BCUT2D eigenvalue weighted by atomic mass is 10.1. The van der Waals surface area contributed by atoms with Gasteiger partial charge in [0.15, 0.2) is 0 Å². The van der Waals surface area contributed by atoms with Gasteiger partial charge in [0.25, 0.3) is 5.69 Å². The van der Waals surface area contributed by atoms with E-state index in [1.807, 2.05) is 13.0 Å². The highest BCUT2D eigenvalue weighted by atomic mass is 16.6. The molecule has 0 atom stereocenters. The molecule has 2 N–H and O–H groups in total. The number of allylic oxidation sites excluding steroid dienone is 1. The van der Waals surface area contributed by atoms with Crippen molar-refractivity contribution in [2.45, 2.75) is 6.92 Å². The summed E-state index contributed by atoms with van der Waals surface area (Å²) < 4.78 is 0. The summed E-state index contributed by atoms with van der Waals surface area (Å²) in [5, 5.41) is 10.4. The van der Waals surface area contributed by atoms with Crippen LogP contribution in [0.3, 0.4) is 0 Å². The molecule has 0 aliphatic rings. The Bertz CT molecular complexity index is 359. The molecular formula is C9H10N2O2. The normalized spacial score (nSPS) is 10.5. The van der Waals surface area contributed by atoms with Crippen LogP contribution in [0.25, 0.3) is 6.08 Å². The van der Waals surface area contributed by atoms with Crippen LogP contribution < -0.4 is 5.73 Å². The van der Waals surface area contributed by atoms with Gasteiger partial charge >= 0.3 is 0 Å². The number of anilines is 1. The maximum atomic E-state index is 10.4. The van der Waals surface area contributed by atoms with E-state index in [0.717, 1.165) is 5.56 Å². The van der Waals surface area contributed by atoms with Crippen LogP contribution in [0.5, 0.6) is 0 Å². The minimum Gasteiger partial charge on any atom is -0.398 e. The van der Waals surface area contributed by atoms with Gasteiger partial charge in [0.05, 0.1) is 4.92 Å². The van der Waals surface area contributed by atoms with E-state index in [-0.39, 0.29) is 5.69 Å². The molecule has 0 aliphatic heterocycles. The number of non-ortho nitro benzene ring substituents is 1. The summed E-state index contributed by atoms with van der Waals surface area (Å²) in [5.41, 5.74) is 6.83. The molecule has 0 fully saturated rings. The van der Waals surface area contributed by atoms with Crippen LogP contribution in [0.4, 0.5) is 11.4 Å². The lowest BCUT2D eigenvalue weighted by Gasteiger charge is -1.98. The van der Waals surface area contributed by atoms with Gasteiger partial charge < -0.3 is 5.73 Å². The first kappa shape index (κ1) is 9.25. The van der Waals surface area contributed by atoms with Crippen LogP contribution >= 0.6 is 0 Å². The molecule has 1 rings (SSSR count). The highest BCUT2D eigenvalue weighted by Gasteiger charge is 2.06. The standard InChI is InChI=1S/C9H10N2O2/c1-2-3-7-4-5-8(11(12)13)6-9(7)10/h2-6H,10H2,1H3/b3-2+. The van der Waals surface area contributed by atoms with E-state index in [1.165, 1.54) is 12.1 Å². The van der Waals surface area contributed by atoms with Crippen molar-refractivity contribution in [3.63, 3.8) is 0 Å². The first-order valence-electron chi connectivity index (χ1n) is 3.81. The Kier molecular flexibility index (Phi) is 2.64. The van der Waals surface area contributed by atoms with Crippen molar-refractivity contribution >= 4 is 17.5 Å². The average molecular weight is 178 g/mol. The predicted octanol–water partition coefficient (Wildman–Crippen LogP) is 2.21. The predicted molar refractivity (Wildman–Crippen MR) is 52.2 cm³/mol. The molecule has 1 aromatic carbocycles. The minimum atomic E-state index is -0.462. The summed E-state index contributed by atoms with van der Waals surface area (Å²) >= 11 is 0. The van der Waals surface area contributed by atoms with Crippen molar-refractivity contribution in [2.24, 2.45) is 0 Å². The molecular weight excluding hydrogens is 168 g/mol. The van der Waals surface area contributed by atoms with E-state index in [4.69, 9.17) is 5.73 Å². The largest absolute Gasteiger partial charge is 0.398 e. The fourth-order valence-electron chi connectivity index (χ4n) is 1.01. The third-order valence-electron chi connectivity index (χ3n) is 1.63. The Morgan fingerprint density at radius 1 is 1.54 bits per heavy atom. The molecule has 0 aromatic heterocycles. The Hall–Kier alpha value is -1.84. The molecule has 0 amide bonds. The summed E-state index contributed by atoms with van der Waals surface area (Å²) in [4.78, 5) is 9.89. The van der Waals surface area contributed by atoms with Crippen molar-refractivity contribution in [1.82, 2.24) is 0 Å². The summed E-state index contributed by atoms with van der Waals surface area (Å²) in [7, 11) is 0. The van der Waals surface area contributed by atoms with E-state index in [9.17, 15) is 10.1 Å². The zero-order chi connectivity index (χ0) is 9.84. The van der Waals surface area contributed by atoms with E-state index in [2.05, 4.69) is 0 Å². The van der Waals surface area contributed by atoms with Crippen molar-refractivity contribution < 1.29 is 4.92 Å².